The van der Waals surface area contributed by atoms with Crippen molar-refractivity contribution in [3.8, 4) is 0 Å². The van der Waals surface area contributed by atoms with Gasteiger partial charge in [0.05, 0.1) is 12.2 Å². The third kappa shape index (κ3) is 4.61. The van der Waals surface area contributed by atoms with Crippen molar-refractivity contribution in [1.82, 2.24) is 9.84 Å². The van der Waals surface area contributed by atoms with Crippen LogP contribution in [-0.2, 0) is 14.8 Å². The summed E-state index contributed by atoms with van der Waals surface area (Å²) in [4.78, 5) is 12.9. The minimum atomic E-state index is -3.55. The molecule has 1 rings (SSSR count). The van der Waals surface area contributed by atoms with Gasteiger partial charge in [0.25, 0.3) is 0 Å². The molecular formula is C10H20N2O4S. The zero-order chi connectivity index (χ0) is 13.1. The fraction of sp³-hybridized carbons (Fsp3) is 0.900. The average Bonchev–Trinajstić information content (AvgIpc) is 2.21. The maximum Gasteiger partial charge on any atom is 0.304 e. The molecule has 0 amide bonds. The van der Waals surface area contributed by atoms with Crippen LogP contribution in [0.15, 0.2) is 0 Å². The number of rotatable bonds is 5. The van der Waals surface area contributed by atoms with Crippen molar-refractivity contribution >= 4 is 16.0 Å². The molecule has 0 saturated carbocycles. The summed E-state index contributed by atoms with van der Waals surface area (Å²) in [6.07, 6.45) is 2.62. The van der Waals surface area contributed by atoms with Crippen molar-refractivity contribution in [3.05, 3.63) is 0 Å². The molecule has 0 aromatic rings. The monoisotopic (exact) mass is 264 g/mol. The number of hydrogen-bond donors (Lipinski definition) is 2. The van der Waals surface area contributed by atoms with Crippen LogP contribution in [0.5, 0.6) is 0 Å². The fourth-order valence-electron chi connectivity index (χ4n) is 2.03. The van der Waals surface area contributed by atoms with Gasteiger partial charge in [-0.2, -0.15) is 0 Å². The highest BCUT2D eigenvalue weighted by molar-refractivity contribution is 7.89. The van der Waals surface area contributed by atoms with Crippen LogP contribution in [0.4, 0.5) is 0 Å². The van der Waals surface area contributed by atoms with E-state index in [1.165, 1.54) is 0 Å². The zero-order valence-corrected chi connectivity index (χ0v) is 11.0. The van der Waals surface area contributed by atoms with Crippen molar-refractivity contribution < 1.29 is 18.3 Å². The Morgan fingerprint density at radius 2 is 1.88 bits per heavy atom. The molecule has 1 fully saturated rings. The Kier molecular flexibility index (Phi) is 4.91. The first-order chi connectivity index (χ1) is 7.82. The first-order valence-corrected chi connectivity index (χ1v) is 7.47. The average molecular weight is 264 g/mol. The SMILES string of the molecule is CC1CCCC(C)N1NS(=O)(=O)CCC(=O)O. The van der Waals surface area contributed by atoms with Crippen LogP contribution in [0.2, 0.25) is 0 Å². The minimum Gasteiger partial charge on any atom is -0.481 e. The molecule has 0 spiro atoms. The van der Waals surface area contributed by atoms with Crippen molar-refractivity contribution in [2.45, 2.75) is 51.6 Å². The van der Waals surface area contributed by atoms with Crippen LogP contribution in [-0.4, -0.2) is 42.3 Å². The lowest BCUT2D eigenvalue weighted by molar-refractivity contribution is -0.136. The van der Waals surface area contributed by atoms with Crippen molar-refractivity contribution in [1.29, 1.82) is 0 Å². The van der Waals surface area contributed by atoms with Crippen molar-refractivity contribution in [2.24, 2.45) is 0 Å². The van der Waals surface area contributed by atoms with Crippen LogP contribution >= 0.6 is 0 Å². The van der Waals surface area contributed by atoms with Gasteiger partial charge >= 0.3 is 5.97 Å². The fourth-order valence-corrected chi connectivity index (χ4v) is 3.24. The second-order valence-electron chi connectivity index (χ2n) is 4.59. The number of hydrogen-bond acceptors (Lipinski definition) is 4. The number of carboxylic acids is 1. The third-order valence-electron chi connectivity index (χ3n) is 3.02. The Hall–Kier alpha value is -0.660. The van der Waals surface area contributed by atoms with Gasteiger partial charge in [-0.05, 0) is 26.7 Å². The molecule has 0 aliphatic carbocycles. The Balaban J connectivity index is 2.59. The van der Waals surface area contributed by atoms with E-state index in [0.29, 0.717) is 0 Å². The number of hydrazine groups is 1. The van der Waals surface area contributed by atoms with E-state index in [4.69, 9.17) is 5.11 Å². The van der Waals surface area contributed by atoms with Crippen LogP contribution in [0.25, 0.3) is 0 Å². The maximum atomic E-state index is 11.7. The largest absolute Gasteiger partial charge is 0.481 e. The zero-order valence-electron chi connectivity index (χ0n) is 10.2. The summed E-state index contributed by atoms with van der Waals surface area (Å²) in [5.41, 5.74) is 0. The summed E-state index contributed by atoms with van der Waals surface area (Å²) in [5.74, 6) is -1.48. The lowest BCUT2D eigenvalue weighted by Gasteiger charge is -2.38. The Labute approximate surface area is 102 Å². The van der Waals surface area contributed by atoms with E-state index in [2.05, 4.69) is 4.83 Å². The first-order valence-electron chi connectivity index (χ1n) is 5.82. The summed E-state index contributed by atoms with van der Waals surface area (Å²) in [5, 5.41) is 10.2. The lowest BCUT2D eigenvalue weighted by atomic mass is 10.0. The standard InChI is InChI=1S/C10H20N2O4S/c1-8-4-3-5-9(2)12(8)11-17(15,16)7-6-10(13)14/h8-9,11H,3-7H2,1-2H3,(H,13,14). The molecule has 1 heterocycles. The predicted molar refractivity (Wildman–Crippen MR) is 63.8 cm³/mol. The number of aliphatic carboxylic acids is 1. The number of nitrogens with zero attached hydrogens (tertiary/aromatic N) is 1. The second kappa shape index (κ2) is 5.79. The molecule has 7 heteroatoms. The molecule has 0 aromatic carbocycles. The van der Waals surface area contributed by atoms with Gasteiger partial charge in [0, 0.05) is 12.1 Å². The number of carboxylic acid groups (broad SMARTS) is 1. The van der Waals surface area contributed by atoms with Crippen LogP contribution in [0, 0.1) is 0 Å². The number of nitrogens with one attached hydrogen (secondary N) is 1. The van der Waals surface area contributed by atoms with Gasteiger partial charge in [0.1, 0.15) is 0 Å². The molecule has 2 unspecified atom stereocenters. The van der Waals surface area contributed by atoms with Crippen LogP contribution < -0.4 is 4.83 Å². The normalized spacial score (nSPS) is 26.9. The molecule has 6 nitrogen and oxygen atoms in total. The Morgan fingerprint density at radius 3 is 2.35 bits per heavy atom. The molecule has 0 aromatic heterocycles. The molecule has 1 aliphatic heterocycles. The second-order valence-corrected chi connectivity index (χ2v) is 6.41. The highest BCUT2D eigenvalue weighted by Gasteiger charge is 2.28. The van der Waals surface area contributed by atoms with Crippen LogP contribution in [0.1, 0.15) is 39.5 Å². The van der Waals surface area contributed by atoms with Gasteiger partial charge in [-0.1, -0.05) is 6.42 Å². The topological polar surface area (TPSA) is 86.7 Å². The smallest absolute Gasteiger partial charge is 0.304 e. The molecule has 100 valence electrons. The van der Waals surface area contributed by atoms with Crippen molar-refractivity contribution in [2.75, 3.05) is 5.75 Å². The van der Waals surface area contributed by atoms with Gasteiger partial charge in [0.2, 0.25) is 10.0 Å². The van der Waals surface area contributed by atoms with E-state index in [9.17, 15) is 13.2 Å². The minimum absolute atomic E-state index is 0.151. The van der Waals surface area contributed by atoms with E-state index in [1.54, 1.807) is 5.01 Å². The summed E-state index contributed by atoms with van der Waals surface area (Å²) < 4.78 is 23.4. The summed E-state index contributed by atoms with van der Waals surface area (Å²) in [7, 11) is -3.55. The number of piperidine rings is 1. The lowest BCUT2D eigenvalue weighted by Crippen LogP contribution is -2.54. The molecule has 1 aliphatic rings. The van der Waals surface area contributed by atoms with E-state index < -0.39 is 16.0 Å². The van der Waals surface area contributed by atoms with Gasteiger partial charge in [-0.25, -0.2) is 13.4 Å². The summed E-state index contributed by atoms with van der Waals surface area (Å²) in [6, 6.07) is 0.303. The molecule has 0 bridgehead atoms. The highest BCUT2D eigenvalue weighted by atomic mass is 32.2. The van der Waals surface area contributed by atoms with E-state index in [-0.39, 0.29) is 24.3 Å². The summed E-state index contributed by atoms with van der Waals surface area (Å²) in [6.45, 7) is 3.94. The molecule has 2 N–H and O–H groups in total. The Morgan fingerprint density at radius 1 is 1.35 bits per heavy atom. The van der Waals surface area contributed by atoms with E-state index >= 15 is 0 Å². The quantitative estimate of drug-likeness (QED) is 0.757. The van der Waals surface area contributed by atoms with Gasteiger partial charge in [-0.3, -0.25) is 4.79 Å². The highest BCUT2D eigenvalue weighted by Crippen LogP contribution is 2.20. The maximum absolute atomic E-state index is 11.7. The first kappa shape index (κ1) is 14.4. The third-order valence-corrected chi connectivity index (χ3v) is 4.25. The van der Waals surface area contributed by atoms with Gasteiger partial charge in [0.15, 0.2) is 0 Å². The van der Waals surface area contributed by atoms with E-state index in [1.807, 2.05) is 13.8 Å². The molecule has 2 atom stereocenters. The number of carbonyl (C=O) groups is 1. The predicted octanol–water partition coefficient (Wildman–Crippen LogP) is 0.558. The van der Waals surface area contributed by atoms with E-state index in [0.717, 1.165) is 19.3 Å². The summed E-state index contributed by atoms with van der Waals surface area (Å²) >= 11 is 0. The Bertz CT molecular complexity index is 359. The van der Waals surface area contributed by atoms with Gasteiger partial charge < -0.3 is 5.11 Å². The molecule has 17 heavy (non-hydrogen) atoms. The number of sulfonamides is 1. The molecular weight excluding hydrogens is 244 g/mol. The van der Waals surface area contributed by atoms with Crippen LogP contribution in [0.3, 0.4) is 0 Å². The van der Waals surface area contributed by atoms with Gasteiger partial charge in [-0.15, -0.1) is 4.83 Å². The molecule has 0 radical (unpaired) electrons. The molecule has 1 saturated heterocycles. The van der Waals surface area contributed by atoms with Crippen molar-refractivity contribution in [3.63, 3.8) is 0 Å².